The molecule has 1 amide bonds. The molecule has 27 heavy (non-hydrogen) atoms. The van der Waals surface area contributed by atoms with Gasteiger partial charge in [0.1, 0.15) is 5.54 Å². The van der Waals surface area contributed by atoms with Gasteiger partial charge in [-0.1, -0.05) is 17.7 Å². The van der Waals surface area contributed by atoms with Crippen molar-refractivity contribution in [2.75, 3.05) is 11.4 Å². The molecule has 0 saturated carbocycles. The van der Waals surface area contributed by atoms with Gasteiger partial charge in [0.25, 0.3) is 15.9 Å². The minimum absolute atomic E-state index is 0.167. The van der Waals surface area contributed by atoms with Crippen molar-refractivity contribution in [3.63, 3.8) is 0 Å². The quantitative estimate of drug-likeness (QED) is 0.788. The molecule has 8 heteroatoms. The third-order valence-corrected chi connectivity index (χ3v) is 5.93. The number of carboxylic acids is 1. The van der Waals surface area contributed by atoms with Gasteiger partial charge in [0, 0.05) is 12.6 Å². The summed E-state index contributed by atoms with van der Waals surface area (Å²) in [5.41, 5.74) is 0.150. The summed E-state index contributed by atoms with van der Waals surface area (Å²) < 4.78 is 26.5. The van der Waals surface area contributed by atoms with E-state index in [0.717, 1.165) is 9.87 Å². The molecular formula is C19H22N2O5S. The second kappa shape index (κ2) is 7.40. The molecule has 0 radical (unpaired) electrons. The Morgan fingerprint density at radius 1 is 1.00 bits per heavy atom. The van der Waals surface area contributed by atoms with E-state index in [2.05, 4.69) is 5.32 Å². The number of hydrogen-bond donors (Lipinski definition) is 2. The van der Waals surface area contributed by atoms with Crippen molar-refractivity contribution in [2.24, 2.45) is 0 Å². The average molecular weight is 390 g/mol. The number of aliphatic carboxylic acids is 1. The maximum atomic E-state index is 12.7. The van der Waals surface area contributed by atoms with Gasteiger partial charge < -0.3 is 10.4 Å². The second-order valence-electron chi connectivity index (χ2n) is 6.72. The number of sulfonamides is 1. The number of nitrogens with one attached hydrogen (secondary N) is 1. The molecule has 0 heterocycles. The van der Waals surface area contributed by atoms with Gasteiger partial charge in [0.05, 0.1) is 10.6 Å². The Hall–Kier alpha value is -2.87. The zero-order valence-corrected chi connectivity index (χ0v) is 16.4. The number of anilines is 1. The van der Waals surface area contributed by atoms with E-state index in [0.29, 0.717) is 5.69 Å². The third-order valence-electron chi connectivity index (χ3n) is 4.13. The van der Waals surface area contributed by atoms with E-state index >= 15 is 0 Å². The van der Waals surface area contributed by atoms with Crippen LogP contribution < -0.4 is 9.62 Å². The average Bonchev–Trinajstić information content (AvgIpc) is 2.61. The van der Waals surface area contributed by atoms with Gasteiger partial charge in [-0.05, 0) is 57.2 Å². The zero-order valence-electron chi connectivity index (χ0n) is 15.6. The lowest BCUT2D eigenvalue weighted by Gasteiger charge is -2.22. The first-order valence-electron chi connectivity index (χ1n) is 8.17. The highest BCUT2D eigenvalue weighted by Gasteiger charge is 2.29. The van der Waals surface area contributed by atoms with Crippen LogP contribution in [0.3, 0.4) is 0 Å². The topological polar surface area (TPSA) is 104 Å². The number of carbonyl (C=O) groups excluding carboxylic acids is 1. The summed E-state index contributed by atoms with van der Waals surface area (Å²) in [4.78, 5) is 23.5. The first-order valence-corrected chi connectivity index (χ1v) is 9.61. The highest BCUT2D eigenvalue weighted by atomic mass is 32.2. The summed E-state index contributed by atoms with van der Waals surface area (Å²) in [6.07, 6.45) is 0. The Morgan fingerprint density at radius 3 is 2.00 bits per heavy atom. The first kappa shape index (κ1) is 20.4. The Bertz CT molecular complexity index is 949. The molecule has 0 saturated heterocycles. The van der Waals surface area contributed by atoms with E-state index < -0.39 is 27.4 Å². The summed E-state index contributed by atoms with van der Waals surface area (Å²) in [6, 6.07) is 12.4. The van der Waals surface area contributed by atoms with Gasteiger partial charge >= 0.3 is 5.97 Å². The van der Waals surface area contributed by atoms with E-state index in [1.165, 1.54) is 57.3 Å². The van der Waals surface area contributed by atoms with Crippen molar-refractivity contribution in [2.45, 2.75) is 31.2 Å². The van der Waals surface area contributed by atoms with Crippen LogP contribution in [0.25, 0.3) is 0 Å². The molecule has 0 aliphatic heterocycles. The SMILES string of the molecule is Cc1ccc(S(=O)(=O)N(C)c2ccc(C(=O)NC(C)(C)C(=O)O)cc2)cc1. The number of nitrogens with zero attached hydrogens (tertiary/aromatic N) is 1. The maximum Gasteiger partial charge on any atom is 0.328 e. The molecule has 2 rings (SSSR count). The van der Waals surface area contributed by atoms with Crippen LogP contribution in [-0.2, 0) is 14.8 Å². The van der Waals surface area contributed by atoms with Crippen molar-refractivity contribution in [1.82, 2.24) is 5.32 Å². The first-order chi connectivity index (χ1) is 12.4. The molecule has 0 aliphatic rings. The van der Waals surface area contributed by atoms with Crippen LogP contribution in [0.2, 0.25) is 0 Å². The zero-order chi connectivity index (χ0) is 20.4. The van der Waals surface area contributed by atoms with Crippen LogP contribution in [-0.4, -0.2) is 38.0 Å². The lowest BCUT2D eigenvalue weighted by Crippen LogP contribution is -2.49. The van der Waals surface area contributed by atoms with Crippen LogP contribution in [0.5, 0.6) is 0 Å². The minimum atomic E-state index is -3.73. The van der Waals surface area contributed by atoms with E-state index in [1.54, 1.807) is 12.1 Å². The molecule has 0 unspecified atom stereocenters. The van der Waals surface area contributed by atoms with Crippen LogP contribution in [0, 0.1) is 6.92 Å². The van der Waals surface area contributed by atoms with E-state index in [9.17, 15) is 18.0 Å². The highest BCUT2D eigenvalue weighted by molar-refractivity contribution is 7.92. The Morgan fingerprint density at radius 2 is 1.52 bits per heavy atom. The van der Waals surface area contributed by atoms with Crippen LogP contribution in [0.4, 0.5) is 5.69 Å². The number of hydrogen-bond acceptors (Lipinski definition) is 4. The summed E-state index contributed by atoms with van der Waals surface area (Å²) in [7, 11) is -2.30. The maximum absolute atomic E-state index is 12.7. The normalized spacial score (nSPS) is 11.7. The van der Waals surface area contributed by atoms with Gasteiger partial charge in [0.15, 0.2) is 0 Å². The third kappa shape index (κ3) is 4.46. The fourth-order valence-corrected chi connectivity index (χ4v) is 3.43. The molecule has 0 aliphatic carbocycles. The molecule has 0 aromatic heterocycles. The molecule has 0 bridgehead atoms. The predicted octanol–water partition coefficient (Wildman–Crippen LogP) is 2.41. The van der Waals surface area contributed by atoms with Crippen molar-refractivity contribution in [3.8, 4) is 0 Å². The number of carboxylic acid groups (broad SMARTS) is 1. The predicted molar refractivity (Wildman–Crippen MR) is 102 cm³/mol. The van der Waals surface area contributed by atoms with Crippen molar-refractivity contribution in [3.05, 3.63) is 59.7 Å². The minimum Gasteiger partial charge on any atom is -0.480 e. The molecule has 0 fully saturated rings. The molecular weight excluding hydrogens is 368 g/mol. The standard InChI is InChI=1S/C19H22N2O5S/c1-13-5-11-16(12-6-13)27(25,26)21(4)15-9-7-14(8-10-15)17(22)20-19(2,3)18(23)24/h5-12H,1-4H3,(H,20,22)(H,23,24). The summed E-state index contributed by atoms with van der Waals surface area (Å²) in [5.74, 6) is -1.71. The fourth-order valence-electron chi connectivity index (χ4n) is 2.24. The summed E-state index contributed by atoms with van der Waals surface area (Å²) in [6.45, 7) is 4.63. The van der Waals surface area contributed by atoms with Crippen LogP contribution in [0.1, 0.15) is 29.8 Å². The Kier molecular flexibility index (Phi) is 5.60. The number of amides is 1. The monoisotopic (exact) mass is 390 g/mol. The Balaban J connectivity index is 2.22. The lowest BCUT2D eigenvalue weighted by molar-refractivity contribution is -0.143. The summed E-state index contributed by atoms with van der Waals surface area (Å²) >= 11 is 0. The van der Waals surface area contributed by atoms with Gasteiger partial charge in [-0.2, -0.15) is 0 Å². The fraction of sp³-hybridized carbons (Fsp3) is 0.263. The molecule has 0 spiro atoms. The summed E-state index contributed by atoms with van der Waals surface area (Å²) in [5, 5.41) is 11.5. The number of carbonyl (C=O) groups is 2. The number of rotatable bonds is 6. The van der Waals surface area contributed by atoms with Gasteiger partial charge in [-0.3, -0.25) is 9.10 Å². The molecule has 2 N–H and O–H groups in total. The molecule has 0 atom stereocenters. The van der Waals surface area contributed by atoms with Crippen LogP contribution in [0.15, 0.2) is 53.4 Å². The van der Waals surface area contributed by atoms with Gasteiger partial charge in [-0.15, -0.1) is 0 Å². The largest absolute Gasteiger partial charge is 0.480 e. The van der Waals surface area contributed by atoms with Gasteiger partial charge in [-0.25, -0.2) is 13.2 Å². The van der Waals surface area contributed by atoms with Crippen LogP contribution >= 0.6 is 0 Å². The smallest absolute Gasteiger partial charge is 0.328 e. The van der Waals surface area contributed by atoms with E-state index in [1.807, 2.05) is 6.92 Å². The molecule has 2 aromatic rings. The second-order valence-corrected chi connectivity index (χ2v) is 8.69. The van der Waals surface area contributed by atoms with Gasteiger partial charge in [0.2, 0.25) is 0 Å². The van der Waals surface area contributed by atoms with Crippen molar-refractivity contribution in [1.29, 1.82) is 0 Å². The molecule has 144 valence electrons. The highest BCUT2D eigenvalue weighted by Crippen LogP contribution is 2.23. The van der Waals surface area contributed by atoms with E-state index in [4.69, 9.17) is 5.11 Å². The molecule has 7 nitrogen and oxygen atoms in total. The van der Waals surface area contributed by atoms with E-state index in [-0.39, 0.29) is 10.5 Å². The molecule has 2 aromatic carbocycles. The number of benzene rings is 2. The lowest BCUT2D eigenvalue weighted by atomic mass is 10.1. The number of aryl methyl sites for hydroxylation is 1. The van der Waals surface area contributed by atoms with Crippen molar-refractivity contribution < 1.29 is 23.1 Å². The van der Waals surface area contributed by atoms with Crippen molar-refractivity contribution >= 4 is 27.6 Å². The Labute approximate surface area is 158 Å².